The molecule has 0 saturated carbocycles. The molecule has 2 rings (SSSR count). The van der Waals surface area contributed by atoms with Crippen molar-refractivity contribution in [2.75, 3.05) is 13.1 Å². The lowest BCUT2D eigenvalue weighted by atomic mass is 10.1. The van der Waals surface area contributed by atoms with Crippen LogP contribution in [-0.2, 0) is 17.6 Å². The zero-order valence-electron chi connectivity index (χ0n) is 14.1. The molecule has 2 aromatic rings. The molecular formula is C18H24N2O5. The van der Waals surface area contributed by atoms with Gasteiger partial charge in [-0.15, -0.1) is 0 Å². The largest absolute Gasteiger partial charge is 0.504 e. The van der Waals surface area contributed by atoms with Gasteiger partial charge in [-0.2, -0.15) is 0 Å². The molecular weight excluding hydrogens is 324 g/mol. The first-order chi connectivity index (χ1) is 11.8. The van der Waals surface area contributed by atoms with Gasteiger partial charge in [-0.3, -0.25) is 4.79 Å². The van der Waals surface area contributed by atoms with Crippen LogP contribution in [0.3, 0.4) is 0 Å². The fraction of sp³-hybridized carbons (Fsp3) is 0.278. The van der Waals surface area contributed by atoms with Gasteiger partial charge in [0, 0.05) is 13.5 Å². The minimum atomic E-state index is -0.134. The van der Waals surface area contributed by atoms with E-state index in [1.807, 2.05) is 0 Å². The Balaban J connectivity index is 0.000000257. The predicted molar refractivity (Wildman–Crippen MR) is 94.7 cm³/mol. The van der Waals surface area contributed by atoms with Gasteiger partial charge >= 0.3 is 0 Å². The van der Waals surface area contributed by atoms with Gasteiger partial charge in [-0.25, -0.2) is 0 Å². The standard InChI is InChI=1S/C10H13NO3.C8H11NO2/c1-7(12)11-5-4-8-2-3-9(13)10(14)6-8;9-4-3-6-1-2-7(10)8(11)5-6/h2-3,6,13-14H,4-5H2,1H3,(H,11,12);1-2,5,10-11H,3-4,9H2. The maximum atomic E-state index is 10.6. The van der Waals surface area contributed by atoms with E-state index in [1.165, 1.54) is 31.2 Å². The fourth-order valence-electron chi connectivity index (χ4n) is 2.00. The van der Waals surface area contributed by atoms with Crippen molar-refractivity contribution in [2.45, 2.75) is 19.8 Å². The van der Waals surface area contributed by atoms with Crippen LogP contribution in [0.15, 0.2) is 36.4 Å². The molecule has 0 aliphatic rings. The molecule has 0 saturated heterocycles. The first-order valence-corrected chi connectivity index (χ1v) is 7.79. The molecule has 1 amide bonds. The number of carbonyl (C=O) groups is 1. The molecule has 25 heavy (non-hydrogen) atoms. The Kier molecular flexibility index (Phi) is 8.08. The molecule has 0 spiro atoms. The molecule has 7 nitrogen and oxygen atoms in total. The van der Waals surface area contributed by atoms with Crippen LogP contribution in [0.5, 0.6) is 23.0 Å². The average molecular weight is 348 g/mol. The minimum absolute atomic E-state index is 0.0759. The summed E-state index contributed by atoms with van der Waals surface area (Å²) in [5.74, 6) is -0.520. The van der Waals surface area contributed by atoms with Gasteiger partial charge in [0.1, 0.15) is 0 Å². The van der Waals surface area contributed by atoms with Crippen molar-refractivity contribution in [3.05, 3.63) is 47.5 Å². The van der Waals surface area contributed by atoms with E-state index in [0.29, 0.717) is 25.9 Å². The van der Waals surface area contributed by atoms with E-state index < -0.39 is 0 Å². The Hall–Kier alpha value is -2.93. The third kappa shape index (κ3) is 7.45. The first kappa shape index (κ1) is 20.1. The summed E-state index contributed by atoms with van der Waals surface area (Å²) in [5.41, 5.74) is 7.11. The highest BCUT2D eigenvalue weighted by Crippen LogP contribution is 2.25. The van der Waals surface area contributed by atoms with E-state index in [4.69, 9.17) is 21.1 Å². The minimum Gasteiger partial charge on any atom is -0.504 e. The molecule has 7 heteroatoms. The van der Waals surface area contributed by atoms with Crippen molar-refractivity contribution in [3.8, 4) is 23.0 Å². The number of carbonyl (C=O) groups excluding carboxylic acids is 1. The topological polar surface area (TPSA) is 136 Å². The summed E-state index contributed by atoms with van der Waals surface area (Å²) >= 11 is 0. The summed E-state index contributed by atoms with van der Waals surface area (Å²) < 4.78 is 0. The maximum Gasteiger partial charge on any atom is 0.216 e. The molecule has 0 aromatic heterocycles. The summed E-state index contributed by atoms with van der Waals surface area (Å²) in [6, 6.07) is 9.33. The highest BCUT2D eigenvalue weighted by atomic mass is 16.3. The Morgan fingerprint density at radius 1 is 0.880 bits per heavy atom. The lowest BCUT2D eigenvalue weighted by Crippen LogP contribution is -2.22. The van der Waals surface area contributed by atoms with Gasteiger partial charge in [-0.1, -0.05) is 12.1 Å². The Morgan fingerprint density at radius 2 is 1.36 bits per heavy atom. The molecule has 0 bridgehead atoms. The predicted octanol–water partition coefficient (Wildman–Crippen LogP) is 1.38. The first-order valence-electron chi connectivity index (χ1n) is 7.79. The zero-order chi connectivity index (χ0) is 18.8. The second kappa shape index (κ2) is 10.0. The van der Waals surface area contributed by atoms with E-state index in [1.54, 1.807) is 12.1 Å². The number of hydrogen-bond donors (Lipinski definition) is 6. The van der Waals surface area contributed by atoms with Crippen LogP contribution >= 0.6 is 0 Å². The number of nitrogens with one attached hydrogen (secondary N) is 1. The molecule has 0 aliphatic heterocycles. The quantitative estimate of drug-likeness (QED) is 0.452. The summed E-state index contributed by atoms with van der Waals surface area (Å²) in [7, 11) is 0. The second-order valence-corrected chi connectivity index (χ2v) is 5.42. The molecule has 7 N–H and O–H groups in total. The highest BCUT2D eigenvalue weighted by molar-refractivity contribution is 5.72. The smallest absolute Gasteiger partial charge is 0.216 e. The van der Waals surface area contributed by atoms with Crippen molar-refractivity contribution >= 4 is 5.91 Å². The fourth-order valence-corrected chi connectivity index (χ4v) is 2.00. The number of phenolic OH excluding ortho intramolecular Hbond substituents is 4. The van der Waals surface area contributed by atoms with Gasteiger partial charge in [-0.05, 0) is 54.8 Å². The highest BCUT2D eigenvalue weighted by Gasteiger charge is 2.00. The van der Waals surface area contributed by atoms with E-state index in [-0.39, 0.29) is 28.9 Å². The van der Waals surface area contributed by atoms with Crippen LogP contribution in [0.2, 0.25) is 0 Å². The van der Waals surface area contributed by atoms with Gasteiger partial charge in [0.15, 0.2) is 23.0 Å². The third-order valence-electron chi connectivity index (χ3n) is 3.30. The van der Waals surface area contributed by atoms with Crippen LogP contribution in [0.4, 0.5) is 0 Å². The molecule has 2 aromatic carbocycles. The summed E-state index contributed by atoms with van der Waals surface area (Å²) in [5, 5.41) is 38.8. The number of nitrogens with two attached hydrogens (primary N) is 1. The molecule has 0 radical (unpaired) electrons. The van der Waals surface area contributed by atoms with Crippen molar-refractivity contribution in [1.29, 1.82) is 0 Å². The number of benzene rings is 2. The van der Waals surface area contributed by atoms with E-state index >= 15 is 0 Å². The Bertz CT molecular complexity index is 704. The van der Waals surface area contributed by atoms with Crippen LogP contribution in [0.1, 0.15) is 18.1 Å². The summed E-state index contributed by atoms with van der Waals surface area (Å²) in [6.07, 6.45) is 1.35. The molecule has 0 aliphatic carbocycles. The molecule has 136 valence electrons. The van der Waals surface area contributed by atoms with Crippen molar-refractivity contribution in [3.63, 3.8) is 0 Å². The lowest BCUT2D eigenvalue weighted by molar-refractivity contribution is -0.118. The normalized spacial score (nSPS) is 9.84. The molecule has 0 atom stereocenters. The van der Waals surface area contributed by atoms with Gasteiger partial charge in [0.25, 0.3) is 0 Å². The van der Waals surface area contributed by atoms with E-state index in [0.717, 1.165) is 11.1 Å². The number of hydrogen-bond acceptors (Lipinski definition) is 6. The molecule has 0 heterocycles. The molecule has 0 unspecified atom stereocenters. The van der Waals surface area contributed by atoms with Crippen molar-refractivity contribution in [1.82, 2.24) is 5.32 Å². The number of aromatic hydroxyl groups is 4. The van der Waals surface area contributed by atoms with Crippen molar-refractivity contribution in [2.24, 2.45) is 5.73 Å². The lowest BCUT2D eigenvalue weighted by Gasteiger charge is -2.04. The summed E-state index contributed by atoms with van der Waals surface area (Å²) in [6.45, 7) is 2.53. The number of phenols is 4. The van der Waals surface area contributed by atoms with Gasteiger partial charge in [0.2, 0.25) is 5.91 Å². The summed E-state index contributed by atoms with van der Waals surface area (Å²) in [4.78, 5) is 10.6. The second-order valence-electron chi connectivity index (χ2n) is 5.42. The van der Waals surface area contributed by atoms with Gasteiger partial charge in [0.05, 0.1) is 0 Å². The third-order valence-corrected chi connectivity index (χ3v) is 3.30. The zero-order valence-corrected chi connectivity index (χ0v) is 14.1. The van der Waals surface area contributed by atoms with Crippen LogP contribution in [0.25, 0.3) is 0 Å². The molecule has 0 fully saturated rings. The number of rotatable bonds is 5. The Labute approximate surface area is 146 Å². The number of amides is 1. The monoisotopic (exact) mass is 348 g/mol. The SMILES string of the molecule is CC(=O)NCCc1ccc(O)c(O)c1.NCCc1ccc(O)c(O)c1. The Morgan fingerprint density at radius 3 is 1.76 bits per heavy atom. The van der Waals surface area contributed by atoms with E-state index in [9.17, 15) is 9.90 Å². The average Bonchev–Trinajstić information content (AvgIpc) is 2.55. The maximum absolute atomic E-state index is 10.6. The van der Waals surface area contributed by atoms with Crippen molar-refractivity contribution < 1.29 is 25.2 Å². The van der Waals surface area contributed by atoms with Crippen LogP contribution < -0.4 is 11.1 Å². The van der Waals surface area contributed by atoms with Crippen LogP contribution in [-0.4, -0.2) is 39.4 Å². The van der Waals surface area contributed by atoms with E-state index in [2.05, 4.69) is 5.32 Å². The van der Waals surface area contributed by atoms with Gasteiger partial charge < -0.3 is 31.5 Å². The van der Waals surface area contributed by atoms with Crippen LogP contribution in [0, 0.1) is 0 Å².